The maximum Gasteiger partial charge on any atom is 0.0714 e. The van der Waals surface area contributed by atoms with Gasteiger partial charge in [-0.25, -0.2) is 0 Å². The van der Waals surface area contributed by atoms with E-state index < -0.39 is 0 Å². The van der Waals surface area contributed by atoms with Crippen molar-refractivity contribution in [1.29, 1.82) is 0 Å². The first-order valence-corrected chi connectivity index (χ1v) is 5.83. The third-order valence-electron chi connectivity index (χ3n) is 4.43. The lowest BCUT2D eigenvalue weighted by atomic mass is 9.85. The molecule has 2 aliphatic rings. The zero-order valence-corrected chi connectivity index (χ0v) is 9.09. The highest BCUT2D eigenvalue weighted by atomic mass is 16.3. The average Bonchev–Trinajstić information content (AvgIpc) is 2.47. The lowest BCUT2D eigenvalue weighted by Gasteiger charge is -2.22. The maximum atomic E-state index is 10.3. The molecule has 2 fully saturated rings. The molecule has 0 spiro atoms. The van der Waals surface area contributed by atoms with Crippen molar-refractivity contribution in [2.45, 2.75) is 52.1 Å². The monoisotopic (exact) mass is 182 g/mol. The van der Waals surface area contributed by atoms with Crippen LogP contribution in [0.2, 0.25) is 0 Å². The van der Waals surface area contributed by atoms with E-state index in [4.69, 9.17) is 0 Å². The van der Waals surface area contributed by atoms with Crippen LogP contribution in [0.5, 0.6) is 0 Å². The van der Waals surface area contributed by atoms with Gasteiger partial charge in [-0.05, 0) is 36.5 Å². The van der Waals surface area contributed by atoms with Gasteiger partial charge in [-0.1, -0.05) is 33.6 Å². The second-order valence-electron chi connectivity index (χ2n) is 5.33. The van der Waals surface area contributed by atoms with Gasteiger partial charge in [0, 0.05) is 0 Å². The molecule has 1 heteroatoms. The first kappa shape index (κ1) is 9.51. The Balaban J connectivity index is 2.04. The zero-order chi connectivity index (χ0) is 9.64. The standard InChI is InChI=1S/C12H22O/c1-4-9(8(2)3)11-10-6-5-7-12(10,11)13/h8-11,13H,4-7H2,1-3H3/t9?,10-,11?,12+/m0/s1. The molecule has 76 valence electrons. The molecule has 0 radical (unpaired) electrons. The van der Waals surface area contributed by atoms with E-state index in [-0.39, 0.29) is 5.60 Å². The minimum atomic E-state index is -0.217. The summed E-state index contributed by atoms with van der Waals surface area (Å²) in [6.07, 6.45) is 4.85. The molecular weight excluding hydrogens is 160 g/mol. The smallest absolute Gasteiger partial charge is 0.0714 e. The molecule has 0 bridgehead atoms. The highest BCUT2D eigenvalue weighted by Crippen LogP contribution is 2.65. The third-order valence-corrected chi connectivity index (χ3v) is 4.43. The fourth-order valence-corrected chi connectivity index (χ4v) is 3.73. The quantitative estimate of drug-likeness (QED) is 0.711. The van der Waals surface area contributed by atoms with Gasteiger partial charge in [0.05, 0.1) is 5.60 Å². The summed E-state index contributed by atoms with van der Waals surface area (Å²) in [5.41, 5.74) is -0.217. The molecule has 2 aliphatic carbocycles. The lowest BCUT2D eigenvalue weighted by molar-refractivity contribution is 0.102. The molecule has 0 aromatic rings. The minimum Gasteiger partial charge on any atom is -0.389 e. The molecular formula is C12H22O. The van der Waals surface area contributed by atoms with Crippen molar-refractivity contribution in [3.8, 4) is 0 Å². The van der Waals surface area contributed by atoms with Gasteiger partial charge in [0.1, 0.15) is 0 Å². The predicted octanol–water partition coefficient (Wildman–Crippen LogP) is 2.83. The van der Waals surface area contributed by atoms with Crippen molar-refractivity contribution in [3.63, 3.8) is 0 Å². The Bertz CT molecular complexity index is 199. The Kier molecular flexibility index (Phi) is 2.18. The first-order chi connectivity index (χ1) is 6.11. The van der Waals surface area contributed by atoms with Crippen molar-refractivity contribution in [1.82, 2.24) is 0 Å². The first-order valence-electron chi connectivity index (χ1n) is 5.83. The van der Waals surface area contributed by atoms with E-state index in [1.807, 2.05) is 0 Å². The summed E-state index contributed by atoms with van der Waals surface area (Å²) in [7, 11) is 0. The largest absolute Gasteiger partial charge is 0.389 e. The van der Waals surface area contributed by atoms with Crippen LogP contribution in [-0.2, 0) is 0 Å². The van der Waals surface area contributed by atoms with Crippen molar-refractivity contribution in [2.24, 2.45) is 23.7 Å². The summed E-state index contributed by atoms with van der Waals surface area (Å²) >= 11 is 0. The van der Waals surface area contributed by atoms with Gasteiger partial charge in [-0.15, -0.1) is 0 Å². The van der Waals surface area contributed by atoms with Gasteiger partial charge in [0.2, 0.25) is 0 Å². The van der Waals surface area contributed by atoms with Crippen LogP contribution in [0.3, 0.4) is 0 Å². The summed E-state index contributed by atoms with van der Waals surface area (Å²) in [4.78, 5) is 0. The summed E-state index contributed by atoms with van der Waals surface area (Å²) in [6, 6.07) is 0. The van der Waals surface area contributed by atoms with Gasteiger partial charge in [0.15, 0.2) is 0 Å². The lowest BCUT2D eigenvalue weighted by Crippen LogP contribution is -2.19. The fraction of sp³-hybridized carbons (Fsp3) is 1.00. The van der Waals surface area contributed by atoms with Crippen LogP contribution in [0.25, 0.3) is 0 Å². The van der Waals surface area contributed by atoms with Gasteiger partial charge < -0.3 is 5.11 Å². The molecule has 1 N–H and O–H groups in total. The molecule has 2 rings (SSSR count). The van der Waals surface area contributed by atoms with Gasteiger partial charge >= 0.3 is 0 Å². The van der Waals surface area contributed by atoms with Crippen LogP contribution < -0.4 is 0 Å². The van der Waals surface area contributed by atoms with E-state index >= 15 is 0 Å². The Morgan fingerprint density at radius 3 is 2.54 bits per heavy atom. The summed E-state index contributed by atoms with van der Waals surface area (Å²) < 4.78 is 0. The predicted molar refractivity (Wildman–Crippen MR) is 54.4 cm³/mol. The average molecular weight is 182 g/mol. The summed E-state index contributed by atoms with van der Waals surface area (Å²) in [5, 5.41) is 10.3. The molecule has 2 unspecified atom stereocenters. The highest BCUT2D eigenvalue weighted by Gasteiger charge is 2.67. The number of hydrogen-bond donors (Lipinski definition) is 1. The number of rotatable bonds is 3. The Morgan fingerprint density at radius 2 is 2.15 bits per heavy atom. The zero-order valence-electron chi connectivity index (χ0n) is 9.09. The Labute approximate surface area is 81.5 Å². The Hall–Kier alpha value is -0.0400. The van der Waals surface area contributed by atoms with E-state index in [2.05, 4.69) is 20.8 Å². The number of fused-ring (bicyclic) bond motifs is 1. The molecule has 13 heavy (non-hydrogen) atoms. The van der Waals surface area contributed by atoms with Crippen molar-refractivity contribution < 1.29 is 5.11 Å². The maximum absolute atomic E-state index is 10.3. The van der Waals surface area contributed by atoms with Crippen LogP contribution in [0.15, 0.2) is 0 Å². The minimum absolute atomic E-state index is 0.217. The van der Waals surface area contributed by atoms with Crippen LogP contribution in [0.4, 0.5) is 0 Å². The van der Waals surface area contributed by atoms with Crippen LogP contribution >= 0.6 is 0 Å². The number of hydrogen-bond acceptors (Lipinski definition) is 1. The van der Waals surface area contributed by atoms with Crippen LogP contribution in [-0.4, -0.2) is 10.7 Å². The third kappa shape index (κ3) is 1.24. The molecule has 4 atom stereocenters. The molecule has 1 nitrogen and oxygen atoms in total. The summed E-state index contributed by atoms with van der Waals surface area (Å²) in [5.74, 6) is 2.81. The molecule has 0 saturated heterocycles. The summed E-state index contributed by atoms with van der Waals surface area (Å²) in [6.45, 7) is 6.86. The van der Waals surface area contributed by atoms with Gasteiger partial charge in [-0.2, -0.15) is 0 Å². The van der Waals surface area contributed by atoms with Crippen molar-refractivity contribution in [3.05, 3.63) is 0 Å². The molecule has 2 saturated carbocycles. The molecule has 0 aliphatic heterocycles. The van der Waals surface area contributed by atoms with Crippen LogP contribution in [0, 0.1) is 23.7 Å². The SMILES string of the molecule is CCC(C(C)C)C1[C@@H]2CCC[C@]12O. The van der Waals surface area contributed by atoms with E-state index in [0.29, 0.717) is 11.8 Å². The normalized spacial score (nSPS) is 45.0. The molecule has 0 aromatic carbocycles. The van der Waals surface area contributed by atoms with E-state index in [1.165, 1.54) is 19.3 Å². The van der Waals surface area contributed by atoms with Gasteiger partial charge in [-0.3, -0.25) is 0 Å². The second-order valence-corrected chi connectivity index (χ2v) is 5.33. The van der Waals surface area contributed by atoms with Gasteiger partial charge in [0.25, 0.3) is 0 Å². The fourth-order valence-electron chi connectivity index (χ4n) is 3.73. The second kappa shape index (κ2) is 2.98. The van der Waals surface area contributed by atoms with Crippen molar-refractivity contribution >= 4 is 0 Å². The molecule has 0 heterocycles. The molecule has 0 aromatic heterocycles. The van der Waals surface area contributed by atoms with Crippen molar-refractivity contribution in [2.75, 3.05) is 0 Å². The topological polar surface area (TPSA) is 20.2 Å². The van der Waals surface area contributed by atoms with E-state index in [0.717, 1.165) is 18.3 Å². The van der Waals surface area contributed by atoms with Crippen LogP contribution in [0.1, 0.15) is 46.5 Å². The Morgan fingerprint density at radius 1 is 1.46 bits per heavy atom. The number of aliphatic hydroxyl groups is 1. The molecule has 0 amide bonds. The van der Waals surface area contributed by atoms with E-state index in [1.54, 1.807) is 0 Å². The highest BCUT2D eigenvalue weighted by molar-refractivity contribution is 5.17. The van der Waals surface area contributed by atoms with E-state index in [9.17, 15) is 5.11 Å².